The van der Waals surface area contributed by atoms with Crippen molar-refractivity contribution < 1.29 is 9.13 Å². The topological polar surface area (TPSA) is 27.1 Å². The molecule has 0 aliphatic rings. The molecule has 0 bridgehead atoms. The molecule has 0 N–H and O–H groups in total. The minimum absolute atomic E-state index is 0.208. The Hall–Kier alpha value is -1.99. The first-order chi connectivity index (χ1) is 10.1. The molecule has 2 rings (SSSR count). The SMILES string of the molecule is CC(C)n1ccc(COc2cc(F)cc(C#CCCl)c2)n1. The summed E-state index contributed by atoms with van der Waals surface area (Å²) in [4.78, 5) is 0. The predicted molar refractivity (Wildman–Crippen MR) is 80.9 cm³/mol. The Bertz CT molecular complexity index is 670. The van der Waals surface area contributed by atoms with Gasteiger partial charge in [-0.3, -0.25) is 4.68 Å². The van der Waals surface area contributed by atoms with Crippen LogP contribution in [0.2, 0.25) is 0 Å². The van der Waals surface area contributed by atoms with Crippen molar-refractivity contribution in [1.29, 1.82) is 0 Å². The van der Waals surface area contributed by atoms with Gasteiger partial charge in [-0.05, 0) is 32.0 Å². The Kier molecular flexibility index (Phi) is 5.24. The van der Waals surface area contributed by atoms with Gasteiger partial charge in [-0.15, -0.1) is 11.6 Å². The first-order valence-electron chi connectivity index (χ1n) is 6.60. The van der Waals surface area contributed by atoms with Crippen LogP contribution >= 0.6 is 11.6 Å². The minimum atomic E-state index is -0.390. The van der Waals surface area contributed by atoms with Gasteiger partial charge >= 0.3 is 0 Å². The Morgan fingerprint density at radius 2 is 2.19 bits per heavy atom. The molecule has 0 saturated carbocycles. The molecule has 21 heavy (non-hydrogen) atoms. The molecule has 1 heterocycles. The van der Waals surface area contributed by atoms with E-state index in [1.54, 1.807) is 6.07 Å². The Labute approximate surface area is 128 Å². The molecule has 0 unspecified atom stereocenters. The van der Waals surface area contributed by atoms with Gasteiger partial charge in [0.15, 0.2) is 0 Å². The summed E-state index contributed by atoms with van der Waals surface area (Å²) in [5.74, 6) is 5.70. The summed E-state index contributed by atoms with van der Waals surface area (Å²) in [6.07, 6.45) is 1.90. The molecule has 0 saturated heterocycles. The number of ether oxygens (including phenoxy) is 1. The van der Waals surface area contributed by atoms with Crippen molar-refractivity contribution in [3.63, 3.8) is 0 Å². The lowest BCUT2D eigenvalue weighted by molar-refractivity contribution is 0.297. The highest BCUT2D eigenvalue weighted by atomic mass is 35.5. The number of aromatic nitrogens is 2. The fourth-order valence-electron chi connectivity index (χ4n) is 1.75. The fourth-order valence-corrected chi connectivity index (χ4v) is 1.82. The van der Waals surface area contributed by atoms with E-state index < -0.39 is 0 Å². The quantitative estimate of drug-likeness (QED) is 0.635. The van der Waals surface area contributed by atoms with Crippen molar-refractivity contribution in [3.05, 3.63) is 47.5 Å². The second-order valence-electron chi connectivity index (χ2n) is 4.78. The number of benzene rings is 1. The lowest BCUT2D eigenvalue weighted by Crippen LogP contribution is -2.03. The highest BCUT2D eigenvalue weighted by Gasteiger charge is 2.05. The van der Waals surface area contributed by atoms with Crippen LogP contribution in [0, 0.1) is 17.7 Å². The van der Waals surface area contributed by atoms with Crippen LogP contribution in [-0.4, -0.2) is 15.7 Å². The summed E-state index contributed by atoms with van der Waals surface area (Å²) < 4.78 is 20.9. The van der Waals surface area contributed by atoms with Gasteiger partial charge in [-0.1, -0.05) is 11.8 Å². The molecule has 5 heteroatoms. The summed E-state index contributed by atoms with van der Waals surface area (Å²) in [6.45, 7) is 4.38. The molecule has 0 amide bonds. The van der Waals surface area contributed by atoms with E-state index >= 15 is 0 Å². The highest BCUT2D eigenvalue weighted by molar-refractivity contribution is 6.19. The molecule has 1 aromatic heterocycles. The largest absolute Gasteiger partial charge is 0.487 e. The highest BCUT2D eigenvalue weighted by Crippen LogP contribution is 2.17. The van der Waals surface area contributed by atoms with Gasteiger partial charge in [0, 0.05) is 23.9 Å². The van der Waals surface area contributed by atoms with E-state index in [0.717, 1.165) is 5.69 Å². The van der Waals surface area contributed by atoms with Crippen molar-refractivity contribution in [2.75, 3.05) is 5.88 Å². The summed E-state index contributed by atoms with van der Waals surface area (Å²) >= 11 is 5.49. The molecule has 3 nitrogen and oxygen atoms in total. The summed E-state index contributed by atoms with van der Waals surface area (Å²) in [7, 11) is 0. The van der Waals surface area contributed by atoms with E-state index in [1.807, 2.05) is 30.8 Å². The van der Waals surface area contributed by atoms with Gasteiger partial charge < -0.3 is 4.74 Å². The average Bonchev–Trinajstić information content (AvgIpc) is 2.91. The molecule has 2 aromatic rings. The van der Waals surface area contributed by atoms with Crippen LogP contribution < -0.4 is 4.74 Å². The second kappa shape index (κ2) is 7.14. The average molecular weight is 307 g/mol. The summed E-state index contributed by atoms with van der Waals surface area (Å²) in [5, 5.41) is 4.37. The molecule has 0 atom stereocenters. The van der Waals surface area contributed by atoms with Crippen molar-refractivity contribution in [2.24, 2.45) is 0 Å². The van der Waals surface area contributed by atoms with Gasteiger partial charge in [-0.25, -0.2) is 4.39 Å². The lowest BCUT2D eigenvalue weighted by Gasteiger charge is -2.06. The van der Waals surface area contributed by atoms with Gasteiger partial charge in [0.1, 0.15) is 18.2 Å². The summed E-state index contributed by atoms with van der Waals surface area (Å²) in [5.41, 5.74) is 1.33. The van der Waals surface area contributed by atoms with Crippen molar-refractivity contribution in [1.82, 2.24) is 9.78 Å². The third kappa shape index (κ3) is 4.51. The molecule has 1 aromatic carbocycles. The smallest absolute Gasteiger partial charge is 0.132 e. The van der Waals surface area contributed by atoms with Gasteiger partial charge in [0.05, 0.1) is 11.6 Å². The van der Waals surface area contributed by atoms with Crippen molar-refractivity contribution >= 4 is 11.6 Å². The van der Waals surface area contributed by atoms with E-state index in [1.165, 1.54) is 12.1 Å². The number of rotatable bonds is 4. The maximum Gasteiger partial charge on any atom is 0.132 e. The van der Waals surface area contributed by atoms with E-state index in [4.69, 9.17) is 16.3 Å². The molecular formula is C16H16ClFN2O. The maximum absolute atomic E-state index is 13.5. The predicted octanol–water partition coefficient (Wildman–Crippen LogP) is 3.77. The zero-order valence-electron chi connectivity index (χ0n) is 11.9. The van der Waals surface area contributed by atoms with Crippen LogP contribution in [0.15, 0.2) is 30.5 Å². The summed E-state index contributed by atoms with van der Waals surface area (Å²) in [6, 6.07) is 6.53. The number of alkyl halides is 1. The van der Waals surface area contributed by atoms with Crippen molar-refractivity contribution in [3.8, 4) is 17.6 Å². The number of halogens is 2. The van der Waals surface area contributed by atoms with E-state index in [-0.39, 0.29) is 18.3 Å². The fraction of sp³-hybridized carbons (Fsp3) is 0.312. The Morgan fingerprint density at radius 3 is 2.86 bits per heavy atom. The molecule has 0 aliphatic carbocycles. The van der Waals surface area contributed by atoms with E-state index in [0.29, 0.717) is 17.4 Å². The number of hydrogen-bond acceptors (Lipinski definition) is 2. The van der Waals surface area contributed by atoms with Crippen LogP contribution in [0.25, 0.3) is 0 Å². The molecule has 0 aliphatic heterocycles. The first kappa shape index (κ1) is 15.4. The van der Waals surface area contributed by atoms with Crippen LogP contribution in [0.4, 0.5) is 4.39 Å². The minimum Gasteiger partial charge on any atom is -0.487 e. The Balaban J connectivity index is 2.06. The monoisotopic (exact) mass is 306 g/mol. The second-order valence-corrected chi connectivity index (χ2v) is 5.05. The van der Waals surface area contributed by atoms with E-state index in [2.05, 4.69) is 16.9 Å². The van der Waals surface area contributed by atoms with Gasteiger partial charge in [0.25, 0.3) is 0 Å². The first-order valence-corrected chi connectivity index (χ1v) is 7.14. The number of nitrogens with zero attached hydrogens (tertiary/aromatic N) is 2. The standard InChI is InChI=1S/C16H16ClFN2O/c1-12(2)20-7-5-15(19-20)11-21-16-9-13(4-3-6-17)8-14(18)10-16/h5,7-10,12H,6,11H2,1-2H3. The van der Waals surface area contributed by atoms with Gasteiger partial charge in [0.2, 0.25) is 0 Å². The van der Waals surface area contributed by atoms with Crippen molar-refractivity contribution in [2.45, 2.75) is 26.5 Å². The van der Waals surface area contributed by atoms with E-state index in [9.17, 15) is 4.39 Å². The Morgan fingerprint density at radius 1 is 1.38 bits per heavy atom. The molecule has 0 radical (unpaired) electrons. The van der Waals surface area contributed by atoms with Crippen LogP contribution in [0.5, 0.6) is 5.75 Å². The molecule has 0 spiro atoms. The van der Waals surface area contributed by atoms with Gasteiger partial charge in [-0.2, -0.15) is 5.10 Å². The molecular weight excluding hydrogens is 291 g/mol. The van der Waals surface area contributed by atoms with Crippen LogP contribution in [-0.2, 0) is 6.61 Å². The van der Waals surface area contributed by atoms with Crippen LogP contribution in [0.3, 0.4) is 0 Å². The zero-order valence-corrected chi connectivity index (χ0v) is 12.7. The molecule has 0 fully saturated rings. The third-order valence-electron chi connectivity index (χ3n) is 2.75. The zero-order chi connectivity index (χ0) is 15.2. The number of hydrogen-bond donors (Lipinski definition) is 0. The lowest BCUT2D eigenvalue weighted by atomic mass is 10.2. The molecule has 110 valence electrons. The van der Waals surface area contributed by atoms with Crippen LogP contribution in [0.1, 0.15) is 31.1 Å². The maximum atomic E-state index is 13.5. The third-order valence-corrected chi connectivity index (χ3v) is 2.88. The normalized spacial score (nSPS) is 10.3.